The van der Waals surface area contributed by atoms with E-state index < -0.39 is 33.4 Å². The van der Waals surface area contributed by atoms with Gasteiger partial charge in [-0.2, -0.15) is 5.26 Å². The van der Waals surface area contributed by atoms with Crippen LogP contribution in [-0.2, 0) is 0 Å². The SMILES string of the molecule is COc1c(-c2ccc(N3CC4=N[I-]C=C(C(F)(F)F)N4C(C)C3)cc2)cnc2c(-c3ccc(C#N)cc3)cccc12. The zero-order chi connectivity index (χ0) is 28.7. The van der Waals surface area contributed by atoms with Gasteiger partial charge in [-0.3, -0.25) is 0 Å². The second kappa shape index (κ2) is 10.7. The Labute approximate surface area is 246 Å². The zero-order valence-corrected chi connectivity index (χ0v) is 24.3. The number of hydrogen-bond acceptors (Lipinski definition) is 6. The molecule has 10 heteroatoms. The molecular weight excluding hydrogens is 642 g/mol. The molecule has 0 saturated carbocycles. The molecule has 1 fully saturated rings. The van der Waals surface area contributed by atoms with E-state index in [9.17, 15) is 13.2 Å². The quantitative estimate of drug-likeness (QED) is 0.311. The maximum absolute atomic E-state index is 13.6. The van der Waals surface area contributed by atoms with Crippen molar-refractivity contribution in [3.8, 4) is 34.1 Å². The number of pyridine rings is 1. The summed E-state index contributed by atoms with van der Waals surface area (Å²) in [5.74, 6) is 1.18. The number of piperazine rings is 1. The molecule has 208 valence electrons. The molecule has 2 aliphatic heterocycles. The number of methoxy groups -OCH3 is 1. The van der Waals surface area contributed by atoms with Gasteiger partial charge in [0.25, 0.3) is 0 Å². The van der Waals surface area contributed by atoms with Gasteiger partial charge in [0.1, 0.15) is 0 Å². The van der Waals surface area contributed by atoms with Crippen LogP contribution in [0.3, 0.4) is 0 Å². The average molecular weight is 666 g/mol. The number of benzene rings is 3. The maximum atomic E-state index is 13.6. The molecule has 0 amide bonds. The molecule has 41 heavy (non-hydrogen) atoms. The predicted octanol–water partition coefficient (Wildman–Crippen LogP) is 3.78. The molecule has 2 aliphatic rings. The third-order valence-electron chi connectivity index (χ3n) is 7.30. The van der Waals surface area contributed by atoms with Crippen LogP contribution in [0.2, 0.25) is 0 Å². The van der Waals surface area contributed by atoms with Crippen LogP contribution in [-0.4, -0.2) is 48.1 Å². The van der Waals surface area contributed by atoms with Gasteiger partial charge in [-0.25, -0.2) is 0 Å². The Balaban J connectivity index is 1.29. The Kier molecular flexibility index (Phi) is 7.07. The number of para-hydroxylation sites is 1. The van der Waals surface area contributed by atoms with E-state index in [4.69, 9.17) is 15.0 Å². The van der Waals surface area contributed by atoms with E-state index in [2.05, 4.69) is 14.2 Å². The summed E-state index contributed by atoms with van der Waals surface area (Å²) in [6, 6.07) is 23.0. The van der Waals surface area contributed by atoms with Gasteiger partial charge in [-0.15, -0.1) is 0 Å². The number of ether oxygens (including phenoxy) is 1. The monoisotopic (exact) mass is 666 g/mol. The molecule has 4 aromatic rings. The van der Waals surface area contributed by atoms with Crippen LogP contribution in [0.15, 0.2) is 85.9 Å². The molecule has 3 aromatic carbocycles. The van der Waals surface area contributed by atoms with Crippen molar-refractivity contribution < 1.29 is 39.4 Å². The van der Waals surface area contributed by atoms with Crippen LogP contribution in [0.4, 0.5) is 18.9 Å². The molecular formula is C31H24F3IN5O-. The zero-order valence-electron chi connectivity index (χ0n) is 22.2. The molecule has 1 atom stereocenters. The summed E-state index contributed by atoms with van der Waals surface area (Å²) in [7, 11) is 1.64. The Morgan fingerprint density at radius 3 is 2.39 bits per heavy atom. The van der Waals surface area contributed by atoms with Gasteiger partial charge in [0.2, 0.25) is 0 Å². The van der Waals surface area contributed by atoms with Crippen molar-refractivity contribution in [2.45, 2.75) is 19.1 Å². The van der Waals surface area contributed by atoms with Crippen LogP contribution in [0.1, 0.15) is 12.5 Å². The summed E-state index contributed by atoms with van der Waals surface area (Å²) in [4.78, 5) is 8.24. The summed E-state index contributed by atoms with van der Waals surface area (Å²) in [6.45, 7) is 2.58. The van der Waals surface area contributed by atoms with E-state index in [0.29, 0.717) is 30.2 Å². The molecule has 0 spiro atoms. The van der Waals surface area contributed by atoms with Gasteiger partial charge in [0, 0.05) is 5.56 Å². The first kappa shape index (κ1) is 27.1. The fraction of sp³-hybridized carbons (Fsp3) is 0.194. The molecule has 0 radical (unpaired) electrons. The van der Waals surface area contributed by atoms with Gasteiger partial charge in [-0.05, 0) is 17.7 Å². The molecule has 1 aromatic heterocycles. The minimum absolute atomic E-state index is 0.329. The van der Waals surface area contributed by atoms with Gasteiger partial charge in [0.05, 0.1) is 11.6 Å². The number of halogens is 4. The molecule has 0 aliphatic carbocycles. The van der Waals surface area contributed by atoms with Crippen LogP contribution >= 0.6 is 0 Å². The first-order valence-corrected chi connectivity index (χ1v) is 15.1. The van der Waals surface area contributed by atoms with E-state index in [1.807, 2.05) is 54.6 Å². The normalized spacial score (nSPS) is 17.2. The van der Waals surface area contributed by atoms with Crippen molar-refractivity contribution in [2.24, 2.45) is 3.21 Å². The third kappa shape index (κ3) is 4.99. The summed E-state index contributed by atoms with van der Waals surface area (Å²) in [5.41, 5.74) is 5.38. The minimum atomic E-state index is -4.38. The van der Waals surface area contributed by atoms with E-state index in [-0.39, 0.29) is 6.04 Å². The molecule has 6 nitrogen and oxygen atoms in total. The van der Waals surface area contributed by atoms with Crippen molar-refractivity contribution in [3.05, 3.63) is 88.3 Å². The number of nitrogens with zero attached hydrogens (tertiary/aromatic N) is 5. The van der Waals surface area contributed by atoms with Gasteiger partial charge in [0.15, 0.2) is 0 Å². The topological polar surface area (TPSA) is 64.8 Å². The van der Waals surface area contributed by atoms with Gasteiger partial charge < -0.3 is 0 Å². The fourth-order valence-electron chi connectivity index (χ4n) is 5.42. The van der Waals surface area contributed by atoms with Crippen molar-refractivity contribution in [1.82, 2.24) is 9.88 Å². The van der Waals surface area contributed by atoms with Crippen molar-refractivity contribution in [1.29, 1.82) is 5.26 Å². The molecule has 0 N–H and O–H groups in total. The van der Waals surface area contributed by atoms with E-state index in [1.165, 1.54) is 8.98 Å². The molecule has 6 rings (SSSR count). The van der Waals surface area contributed by atoms with E-state index in [0.717, 1.165) is 38.8 Å². The number of fused-ring (bicyclic) bond motifs is 2. The second-order valence-electron chi connectivity index (χ2n) is 9.83. The average Bonchev–Trinajstić information content (AvgIpc) is 2.99. The first-order valence-electron chi connectivity index (χ1n) is 12.9. The number of hydrogen-bond donors (Lipinski definition) is 0. The summed E-state index contributed by atoms with van der Waals surface area (Å²) >= 11 is -1.02. The Morgan fingerprint density at radius 2 is 1.71 bits per heavy atom. The van der Waals surface area contributed by atoms with Crippen molar-refractivity contribution >= 4 is 22.4 Å². The number of anilines is 1. The van der Waals surface area contributed by atoms with Gasteiger partial charge in [-0.1, -0.05) is 24.3 Å². The standard InChI is InChI=1S/C31H24F3IN5O/c1-19-17-39(18-28-38-35-14-27(40(19)28)31(32,33)34)23-12-10-22(11-13-23)26-16-37-29-24(4-3-5-25(29)30(26)41-2)21-8-6-20(15-36)7-9-21/h3-14,16,19H,17-18H2,1-2H3/q-1. The number of rotatable bonds is 4. The van der Waals surface area contributed by atoms with Crippen LogP contribution in [0.5, 0.6) is 5.75 Å². The Hall–Kier alpha value is -4.11. The summed E-state index contributed by atoms with van der Waals surface area (Å²) < 4.78 is 52.5. The summed E-state index contributed by atoms with van der Waals surface area (Å²) in [5, 5.41) is 10.0. The molecule has 0 bridgehead atoms. The number of allylic oxidation sites excluding steroid dienone is 1. The van der Waals surface area contributed by atoms with Gasteiger partial charge >= 0.3 is 182 Å². The van der Waals surface area contributed by atoms with Crippen LogP contribution < -0.4 is 31.1 Å². The predicted molar refractivity (Wildman–Crippen MR) is 149 cm³/mol. The van der Waals surface area contributed by atoms with Crippen molar-refractivity contribution in [2.75, 3.05) is 25.1 Å². The van der Waals surface area contributed by atoms with Crippen molar-refractivity contribution in [3.63, 3.8) is 0 Å². The molecule has 1 unspecified atom stereocenters. The van der Waals surface area contributed by atoms with E-state index in [1.54, 1.807) is 32.4 Å². The van der Waals surface area contributed by atoms with Crippen LogP contribution in [0.25, 0.3) is 33.2 Å². The molecule has 1 saturated heterocycles. The fourth-order valence-corrected chi connectivity index (χ4v) is 7.18. The number of nitriles is 1. The number of amidine groups is 1. The number of alkyl halides is 3. The van der Waals surface area contributed by atoms with E-state index >= 15 is 0 Å². The Bertz CT molecular complexity index is 1730. The molecule has 3 heterocycles. The van der Waals surface area contributed by atoms with Crippen LogP contribution in [0, 0.1) is 11.3 Å². The third-order valence-corrected chi connectivity index (χ3v) is 9.01. The second-order valence-corrected chi connectivity index (χ2v) is 11.5. The Morgan fingerprint density at radius 1 is 1.00 bits per heavy atom. The summed E-state index contributed by atoms with van der Waals surface area (Å²) in [6.07, 6.45) is -2.58. The number of aromatic nitrogens is 1. The first-order chi connectivity index (χ1) is 19.8.